The van der Waals surface area contributed by atoms with Crippen molar-refractivity contribution in [1.82, 2.24) is 0 Å². The van der Waals surface area contributed by atoms with Gasteiger partial charge in [0, 0.05) is 11.5 Å². The van der Waals surface area contributed by atoms with Gasteiger partial charge in [0.15, 0.2) is 6.29 Å². The first-order valence-electron chi connectivity index (χ1n) is 12.4. The maximum atomic E-state index is 5.96. The first kappa shape index (κ1) is 23.3. The molecule has 30 heavy (non-hydrogen) atoms. The third kappa shape index (κ3) is 7.74. The fraction of sp³-hybridized carbons (Fsp3) is 0.704. The van der Waals surface area contributed by atoms with E-state index in [9.17, 15) is 0 Å². The monoisotopic (exact) mass is 414 g/mol. The molecule has 2 fully saturated rings. The quantitative estimate of drug-likeness (QED) is 0.278. The highest BCUT2D eigenvalue weighted by Gasteiger charge is 2.23. The summed E-state index contributed by atoms with van der Waals surface area (Å²) < 4.78 is 17.8. The Balaban J connectivity index is 1.33. The Hall–Kier alpha value is -1.32. The maximum Gasteiger partial charge on any atom is 0.183 e. The zero-order chi connectivity index (χ0) is 21.0. The van der Waals surface area contributed by atoms with Gasteiger partial charge < -0.3 is 14.2 Å². The maximum absolute atomic E-state index is 5.96. The van der Waals surface area contributed by atoms with Crippen molar-refractivity contribution in [3.05, 3.63) is 42.0 Å². The lowest BCUT2D eigenvalue weighted by Crippen LogP contribution is -2.27. The molecule has 0 bridgehead atoms. The van der Waals surface area contributed by atoms with Crippen LogP contribution in [0.1, 0.15) is 89.9 Å². The highest BCUT2D eigenvalue weighted by Crippen LogP contribution is 2.32. The summed E-state index contributed by atoms with van der Waals surface area (Å²) in [5, 5.41) is 0. The fourth-order valence-corrected chi connectivity index (χ4v) is 4.78. The SMILES string of the molecule is CCCCCC1COC(c2ccc(OCC=CC3CCC(CCC)CC3)cc2)OC1. The molecule has 1 saturated heterocycles. The second kappa shape index (κ2) is 13.2. The smallest absolute Gasteiger partial charge is 0.183 e. The molecule has 1 saturated carbocycles. The molecule has 0 amide bonds. The molecular formula is C27H42O3. The van der Waals surface area contributed by atoms with Crippen LogP contribution in [0.15, 0.2) is 36.4 Å². The van der Waals surface area contributed by atoms with Gasteiger partial charge in [-0.1, -0.05) is 70.2 Å². The molecule has 0 radical (unpaired) electrons. The largest absolute Gasteiger partial charge is 0.490 e. The summed E-state index contributed by atoms with van der Waals surface area (Å²) >= 11 is 0. The number of unbranched alkanes of at least 4 members (excludes halogenated alkanes) is 2. The van der Waals surface area contributed by atoms with Crippen molar-refractivity contribution in [2.45, 2.75) is 84.3 Å². The van der Waals surface area contributed by atoms with E-state index in [-0.39, 0.29) is 6.29 Å². The number of hydrogen-bond donors (Lipinski definition) is 0. The van der Waals surface area contributed by atoms with Crippen LogP contribution in [0.3, 0.4) is 0 Å². The lowest BCUT2D eigenvalue weighted by atomic mass is 9.80. The van der Waals surface area contributed by atoms with Crippen LogP contribution in [0.4, 0.5) is 0 Å². The van der Waals surface area contributed by atoms with Crippen LogP contribution in [-0.2, 0) is 9.47 Å². The third-order valence-corrected chi connectivity index (χ3v) is 6.68. The Labute approximate surface area is 184 Å². The van der Waals surface area contributed by atoms with Gasteiger partial charge >= 0.3 is 0 Å². The van der Waals surface area contributed by atoms with Crippen LogP contribution in [0, 0.1) is 17.8 Å². The Bertz CT molecular complexity index is 593. The average molecular weight is 415 g/mol. The van der Waals surface area contributed by atoms with Crippen molar-refractivity contribution in [3.8, 4) is 5.75 Å². The van der Waals surface area contributed by atoms with Gasteiger partial charge in [0.1, 0.15) is 12.4 Å². The van der Waals surface area contributed by atoms with Gasteiger partial charge in [0.2, 0.25) is 0 Å². The van der Waals surface area contributed by atoms with E-state index in [1.54, 1.807) is 0 Å². The standard InChI is InChI=1S/C27H42O3/c1-3-5-6-9-24-20-29-27(30-21-24)25-15-17-26(18-16-25)28-19-7-10-23-13-11-22(8-4-2)12-14-23/h7,10,15-18,22-24,27H,3-6,8-9,11-14,19-21H2,1-2H3. The van der Waals surface area contributed by atoms with Gasteiger partial charge in [0.25, 0.3) is 0 Å². The summed E-state index contributed by atoms with van der Waals surface area (Å²) in [6.45, 7) is 6.79. The van der Waals surface area contributed by atoms with Crippen molar-refractivity contribution >= 4 is 0 Å². The van der Waals surface area contributed by atoms with Crippen LogP contribution >= 0.6 is 0 Å². The van der Waals surface area contributed by atoms with E-state index < -0.39 is 0 Å². The summed E-state index contributed by atoms with van der Waals surface area (Å²) in [6, 6.07) is 8.19. The van der Waals surface area contributed by atoms with E-state index in [1.165, 1.54) is 64.2 Å². The molecule has 1 aromatic rings. The van der Waals surface area contributed by atoms with Crippen molar-refractivity contribution in [2.24, 2.45) is 17.8 Å². The number of ether oxygens (including phenoxy) is 3. The Morgan fingerprint density at radius 2 is 1.60 bits per heavy atom. The van der Waals surface area contributed by atoms with Crippen LogP contribution in [-0.4, -0.2) is 19.8 Å². The molecule has 1 heterocycles. The first-order chi connectivity index (χ1) is 14.8. The minimum Gasteiger partial charge on any atom is -0.490 e. The van der Waals surface area contributed by atoms with Gasteiger partial charge in [-0.15, -0.1) is 0 Å². The molecule has 0 unspecified atom stereocenters. The van der Waals surface area contributed by atoms with E-state index in [4.69, 9.17) is 14.2 Å². The summed E-state index contributed by atoms with van der Waals surface area (Å²) in [6.07, 6.45) is 17.6. The second-order valence-electron chi connectivity index (χ2n) is 9.24. The van der Waals surface area contributed by atoms with E-state index in [1.807, 2.05) is 12.1 Å². The highest BCUT2D eigenvalue weighted by atomic mass is 16.7. The molecular weight excluding hydrogens is 372 g/mol. The number of allylic oxidation sites excluding steroid dienone is 1. The number of benzene rings is 1. The zero-order valence-corrected chi connectivity index (χ0v) is 19.2. The molecule has 0 aromatic heterocycles. The average Bonchev–Trinajstić information content (AvgIpc) is 2.79. The van der Waals surface area contributed by atoms with Crippen LogP contribution < -0.4 is 4.74 Å². The highest BCUT2D eigenvalue weighted by molar-refractivity contribution is 5.28. The van der Waals surface area contributed by atoms with Gasteiger partial charge in [0.05, 0.1) is 13.2 Å². The second-order valence-corrected chi connectivity index (χ2v) is 9.24. The van der Waals surface area contributed by atoms with E-state index >= 15 is 0 Å². The predicted molar refractivity (Wildman–Crippen MR) is 124 cm³/mol. The minimum atomic E-state index is -0.232. The van der Waals surface area contributed by atoms with E-state index in [0.717, 1.165) is 36.4 Å². The number of rotatable bonds is 11. The molecule has 1 aromatic carbocycles. The molecule has 3 rings (SSSR count). The van der Waals surface area contributed by atoms with E-state index in [2.05, 4.69) is 38.1 Å². The van der Waals surface area contributed by atoms with E-state index in [0.29, 0.717) is 12.5 Å². The lowest BCUT2D eigenvalue weighted by molar-refractivity contribution is -0.206. The first-order valence-corrected chi connectivity index (χ1v) is 12.4. The summed E-state index contributed by atoms with van der Waals surface area (Å²) in [5.41, 5.74) is 1.08. The van der Waals surface area contributed by atoms with Crippen molar-refractivity contribution in [1.29, 1.82) is 0 Å². The van der Waals surface area contributed by atoms with Gasteiger partial charge in [-0.25, -0.2) is 0 Å². The van der Waals surface area contributed by atoms with Gasteiger partial charge in [-0.3, -0.25) is 0 Å². The summed E-state index contributed by atoms with van der Waals surface area (Å²) in [7, 11) is 0. The summed E-state index contributed by atoms with van der Waals surface area (Å²) in [5.74, 6) is 3.17. The van der Waals surface area contributed by atoms with Gasteiger partial charge in [-0.05, 0) is 56.1 Å². The zero-order valence-electron chi connectivity index (χ0n) is 19.2. The Morgan fingerprint density at radius 1 is 0.867 bits per heavy atom. The van der Waals surface area contributed by atoms with Crippen LogP contribution in [0.5, 0.6) is 5.75 Å². The molecule has 1 aliphatic heterocycles. The summed E-state index contributed by atoms with van der Waals surface area (Å²) in [4.78, 5) is 0. The molecule has 0 atom stereocenters. The molecule has 168 valence electrons. The molecule has 0 spiro atoms. The Kier molecular flexibility index (Phi) is 10.2. The molecule has 1 aliphatic carbocycles. The molecule has 3 heteroatoms. The van der Waals surface area contributed by atoms with Crippen molar-refractivity contribution < 1.29 is 14.2 Å². The molecule has 0 N–H and O–H groups in total. The predicted octanol–water partition coefficient (Wildman–Crippen LogP) is 7.47. The topological polar surface area (TPSA) is 27.7 Å². The van der Waals surface area contributed by atoms with Crippen molar-refractivity contribution in [2.75, 3.05) is 19.8 Å². The van der Waals surface area contributed by atoms with Crippen LogP contribution in [0.2, 0.25) is 0 Å². The van der Waals surface area contributed by atoms with Gasteiger partial charge in [-0.2, -0.15) is 0 Å². The lowest BCUT2D eigenvalue weighted by Gasteiger charge is -2.29. The normalized spacial score (nSPS) is 27.4. The van der Waals surface area contributed by atoms with Crippen molar-refractivity contribution in [3.63, 3.8) is 0 Å². The minimum absolute atomic E-state index is 0.232. The Morgan fingerprint density at radius 3 is 2.27 bits per heavy atom. The molecule has 3 nitrogen and oxygen atoms in total. The fourth-order valence-electron chi connectivity index (χ4n) is 4.78. The van der Waals surface area contributed by atoms with Crippen LogP contribution in [0.25, 0.3) is 0 Å². The molecule has 2 aliphatic rings. The number of hydrogen-bond acceptors (Lipinski definition) is 3. The third-order valence-electron chi connectivity index (χ3n) is 6.68.